The van der Waals surface area contributed by atoms with Crippen molar-refractivity contribution in [2.75, 3.05) is 26.6 Å². The summed E-state index contributed by atoms with van der Waals surface area (Å²) in [5.74, 6) is 1.79. The Kier molecular flexibility index (Phi) is 6.16. The van der Waals surface area contributed by atoms with Crippen LogP contribution in [0.5, 0.6) is 17.2 Å². The zero-order valence-corrected chi connectivity index (χ0v) is 18.2. The third kappa shape index (κ3) is 4.74. The summed E-state index contributed by atoms with van der Waals surface area (Å²) in [5.41, 5.74) is 1.07. The lowest BCUT2D eigenvalue weighted by Crippen LogP contribution is -2.28. The highest BCUT2D eigenvalue weighted by Crippen LogP contribution is 2.25. The second kappa shape index (κ2) is 9.35. The number of benzene rings is 2. The molecule has 2 heterocycles. The second-order valence-corrected chi connectivity index (χ2v) is 6.99. The number of rotatable bonds is 7. The molecule has 0 atom stereocenters. The van der Waals surface area contributed by atoms with E-state index in [-0.39, 0.29) is 17.6 Å². The van der Waals surface area contributed by atoms with Gasteiger partial charge in [0.1, 0.15) is 35.5 Å². The Morgan fingerprint density at radius 2 is 1.61 bits per heavy atom. The van der Waals surface area contributed by atoms with Gasteiger partial charge >= 0.3 is 0 Å². The van der Waals surface area contributed by atoms with E-state index in [1.807, 2.05) is 12.1 Å². The van der Waals surface area contributed by atoms with E-state index in [9.17, 15) is 9.59 Å². The van der Waals surface area contributed by atoms with E-state index in [0.29, 0.717) is 28.8 Å². The van der Waals surface area contributed by atoms with Crippen LogP contribution in [0.25, 0.3) is 22.4 Å². The standard InChI is InChI=1S/C23H21N5O5/c1-31-16-6-4-14(5-7-16)21-24-11-19-22(27-21)25-13-28(23(19)30)12-20(29)26-15-8-17(32-2)10-18(9-15)33-3/h4-11,13H,12H2,1-3H3,(H,26,29). The van der Waals surface area contributed by atoms with Crippen LogP contribution in [0.1, 0.15) is 0 Å². The van der Waals surface area contributed by atoms with Gasteiger partial charge in [0, 0.05) is 35.6 Å². The molecule has 2 aromatic carbocycles. The van der Waals surface area contributed by atoms with Crippen molar-refractivity contribution in [3.63, 3.8) is 0 Å². The van der Waals surface area contributed by atoms with E-state index in [1.165, 1.54) is 31.3 Å². The predicted molar refractivity (Wildman–Crippen MR) is 122 cm³/mol. The minimum absolute atomic E-state index is 0.214. The number of amides is 1. The van der Waals surface area contributed by atoms with E-state index in [4.69, 9.17) is 14.2 Å². The Hall–Kier alpha value is -4.47. The maximum Gasteiger partial charge on any atom is 0.264 e. The molecule has 1 N–H and O–H groups in total. The Morgan fingerprint density at radius 1 is 0.939 bits per heavy atom. The van der Waals surface area contributed by atoms with Crippen molar-refractivity contribution in [2.24, 2.45) is 0 Å². The zero-order valence-electron chi connectivity index (χ0n) is 18.2. The van der Waals surface area contributed by atoms with Crippen molar-refractivity contribution < 1.29 is 19.0 Å². The topological polar surface area (TPSA) is 117 Å². The van der Waals surface area contributed by atoms with Gasteiger partial charge in [-0.2, -0.15) is 0 Å². The van der Waals surface area contributed by atoms with Crippen LogP contribution >= 0.6 is 0 Å². The summed E-state index contributed by atoms with van der Waals surface area (Å²) in [6, 6.07) is 12.2. The highest BCUT2D eigenvalue weighted by molar-refractivity contribution is 5.91. The Bertz CT molecular complexity index is 1350. The number of nitrogens with zero attached hydrogens (tertiary/aromatic N) is 4. The molecular weight excluding hydrogens is 426 g/mol. The maximum absolute atomic E-state index is 12.9. The number of hydrogen-bond acceptors (Lipinski definition) is 8. The Balaban J connectivity index is 1.55. The van der Waals surface area contributed by atoms with Crippen LogP contribution in [0.2, 0.25) is 0 Å². The lowest BCUT2D eigenvalue weighted by molar-refractivity contribution is -0.116. The van der Waals surface area contributed by atoms with Crippen LogP contribution in [-0.2, 0) is 11.3 Å². The maximum atomic E-state index is 12.9. The smallest absolute Gasteiger partial charge is 0.264 e. The minimum atomic E-state index is -0.417. The molecule has 4 aromatic rings. The van der Waals surface area contributed by atoms with E-state index < -0.39 is 11.5 Å². The highest BCUT2D eigenvalue weighted by atomic mass is 16.5. The number of aromatic nitrogens is 4. The van der Waals surface area contributed by atoms with E-state index in [2.05, 4.69) is 20.3 Å². The van der Waals surface area contributed by atoms with Crippen molar-refractivity contribution in [1.29, 1.82) is 0 Å². The monoisotopic (exact) mass is 447 g/mol. The predicted octanol–water partition coefficient (Wildman–Crippen LogP) is 2.52. The molecule has 168 valence electrons. The third-order valence-electron chi connectivity index (χ3n) is 4.88. The molecular formula is C23H21N5O5. The molecule has 10 heteroatoms. The molecule has 0 fully saturated rings. The lowest BCUT2D eigenvalue weighted by Gasteiger charge is -2.11. The molecule has 10 nitrogen and oxygen atoms in total. The summed E-state index contributed by atoms with van der Waals surface area (Å²) in [6.07, 6.45) is 2.71. The first kappa shape index (κ1) is 21.8. The highest BCUT2D eigenvalue weighted by Gasteiger charge is 2.12. The van der Waals surface area contributed by atoms with Gasteiger partial charge in [0.05, 0.1) is 21.3 Å². The SMILES string of the molecule is COc1ccc(-c2ncc3c(=O)n(CC(=O)Nc4cc(OC)cc(OC)c4)cnc3n2)cc1. The normalized spacial score (nSPS) is 10.6. The Morgan fingerprint density at radius 3 is 2.24 bits per heavy atom. The number of carbonyl (C=O) groups is 1. The first-order valence-corrected chi connectivity index (χ1v) is 9.90. The van der Waals surface area contributed by atoms with Crippen LogP contribution in [0.3, 0.4) is 0 Å². The van der Waals surface area contributed by atoms with Gasteiger partial charge in [0.2, 0.25) is 5.91 Å². The fraction of sp³-hybridized carbons (Fsp3) is 0.174. The second-order valence-electron chi connectivity index (χ2n) is 6.99. The van der Waals surface area contributed by atoms with Crippen molar-refractivity contribution in [3.8, 4) is 28.6 Å². The molecule has 0 aliphatic heterocycles. The summed E-state index contributed by atoms with van der Waals surface area (Å²) in [5, 5.41) is 2.94. The number of carbonyl (C=O) groups excluding carboxylic acids is 1. The van der Waals surface area contributed by atoms with Gasteiger partial charge in [-0.15, -0.1) is 0 Å². The Labute approximate surface area is 188 Å². The van der Waals surface area contributed by atoms with Gasteiger partial charge in [-0.1, -0.05) is 0 Å². The average Bonchev–Trinajstić information content (AvgIpc) is 2.85. The number of fused-ring (bicyclic) bond motifs is 1. The fourth-order valence-corrected chi connectivity index (χ4v) is 3.18. The first-order valence-electron chi connectivity index (χ1n) is 9.90. The molecule has 4 rings (SSSR count). The first-order chi connectivity index (χ1) is 16.0. The molecule has 0 aliphatic carbocycles. The van der Waals surface area contributed by atoms with Crippen LogP contribution in [0, 0.1) is 0 Å². The van der Waals surface area contributed by atoms with Crippen LogP contribution in [0.4, 0.5) is 5.69 Å². The molecule has 0 bridgehead atoms. The van der Waals surface area contributed by atoms with Gasteiger partial charge in [-0.25, -0.2) is 15.0 Å². The fourth-order valence-electron chi connectivity index (χ4n) is 3.18. The van der Waals surface area contributed by atoms with E-state index in [1.54, 1.807) is 37.4 Å². The van der Waals surface area contributed by atoms with Gasteiger partial charge in [0.25, 0.3) is 5.56 Å². The summed E-state index contributed by atoms with van der Waals surface area (Å²) >= 11 is 0. The van der Waals surface area contributed by atoms with Crippen molar-refractivity contribution >= 4 is 22.6 Å². The summed E-state index contributed by atoms with van der Waals surface area (Å²) in [6.45, 7) is -0.235. The molecule has 0 radical (unpaired) electrons. The van der Waals surface area contributed by atoms with Gasteiger partial charge < -0.3 is 19.5 Å². The van der Waals surface area contributed by atoms with Crippen molar-refractivity contribution in [3.05, 3.63) is 65.3 Å². The number of ether oxygens (including phenoxy) is 3. The molecule has 0 aliphatic rings. The molecule has 0 unspecified atom stereocenters. The third-order valence-corrected chi connectivity index (χ3v) is 4.88. The van der Waals surface area contributed by atoms with Crippen LogP contribution in [0.15, 0.2) is 59.8 Å². The average molecular weight is 447 g/mol. The number of methoxy groups -OCH3 is 3. The van der Waals surface area contributed by atoms with Crippen molar-refractivity contribution in [2.45, 2.75) is 6.54 Å². The van der Waals surface area contributed by atoms with Gasteiger partial charge in [0.15, 0.2) is 11.5 Å². The van der Waals surface area contributed by atoms with Crippen molar-refractivity contribution in [1.82, 2.24) is 19.5 Å². The van der Waals surface area contributed by atoms with Crippen LogP contribution in [-0.4, -0.2) is 46.8 Å². The summed E-state index contributed by atoms with van der Waals surface area (Å²) in [4.78, 5) is 38.3. The largest absolute Gasteiger partial charge is 0.497 e. The quantitative estimate of drug-likeness (QED) is 0.459. The number of anilines is 1. The summed E-state index contributed by atoms with van der Waals surface area (Å²) < 4.78 is 16.8. The minimum Gasteiger partial charge on any atom is -0.497 e. The zero-order chi connectivity index (χ0) is 23.4. The summed E-state index contributed by atoms with van der Waals surface area (Å²) in [7, 11) is 4.62. The van der Waals surface area contributed by atoms with Gasteiger partial charge in [-0.05, 0) is 24.3 Å². The molecule has 0 spiro atoms. The molecule has 33 heavy (non-hydrogen) atoms. The molecule has 0 saturated carbocycles. The van der Waals surface area contributed by atoms with E-state index >= 15 is 0 Å². The van der Waals surface area contributed by atoms with E-state index in [0.717, 1.165) is 5.56 Å². The number of nitrogens with one attached hydrogen (secondary N) is 1. The van der Waals surface area contributed by atoms with Gasteiger partial charge in [-0.3, -0.25) is 14.2 Å². The molecule has 2 aromatic heterocycles. The molecule has 0 saturated heterocycles. The number of hydrogen-bond donors (Lipinski definition) is 1. The molecule has 1 amide bonds. The lowest BCUT2D eigenvalue weighted by atomic mass is 10.2. The van der Waals surface area contributed by atoms with Crippen LogP contribution < -0.4 is 25.1 Å².